The molecule has 0 bridgehead atoms. The predicted octanol–water partition coefficient (Wildman–Crippen LogP) is 4.41. The van der Waals surface area contributed by atoms with Gasteiger partial charge in [-0.1, -0.05) is 0 Å². The molecule has 0 radical (unpaired) electrons. The molecule has 0 aromatic heterocycles. The fraction of sp³-hybridized carbons (Fsp3) is 0.0769. The number of hydrogen-bond donors (Lipinski definition) is 1. The van der Waals surface area contributed by atoms with Gasteiger partial charge in [0, 0.05) is 12.1 Å². The molecular formula is C13H10BrF2NO. The van der Waals surface area contributed by atoms with Crippen LogP contribution < -0.4 is 10.5 Å². The molecule has 2 rings (SSSR count). The summed E-state index contributed by atoms with van der Waals surface area (Å²) in [6.07, 6.45) is 0. The molecule has 0 atom stereocenters. The van der Waals surface area contributed by atoms with Crippen LogP contribution in [0.2, 0.25) is 0 Å². The van der Waals surface area contributed by atoms with E-state index in [1.165, 1.54) is 30.3 Å². The van der Waals surface area contributed by atoms with E-state index < -0.39 is 11.6 Å². The molecule has 2 aromatic carbocycles. The lowest BCUT2D eigenvalue weighted by Gasteiger charge is -2.11. The van der Waals surface area contributed by atoms with Gasteiger partial charge in [-0.05, 0) is 46.6 Å². The van der Waals surface area contributed by atoms with Gasteiger partial charge in [-0.2, -0.15) is 0 Å². The number of nitrogen functional groups attached to an aromatic ring is 1. The molecular weight excluding hydrogens is 304 g/mol. The number of aryl methyl sites for hydroxylation is 1. The highest BCUT2D eigenvalue weighted by Crippen LogP contribution is 2.34. The van der Waals surface area contributed by atoms with E-state index in [9.17, 15) is 8.78 Å². The zero-order valence-electron chi connectivity index (χ0n) is 9.51. The highest BCUT2D eigenvalue weighted by atomic mass is 79.9. The fourth-order valence-corrected chi connectivity index (χ4v) is 1.76. The summed E-state index contributed by atoms with van der Waals surface area (Å²) < 4.78 is 32.4. The van der Waals surface area contributed by atoms with Gasteiger partial charge in [-0.25, -0.2) is 8.78 Å². The van der Waals surface area contributed by atoms with E-state index in [0.29, 0.717) is 15.8 Å². The molecule has 0 unspecified atom stereocenters. The molecule has 0 aliphatic rings. The fourth-order valence-electron chi connectivity index (χ4n) is 1.43. The van der Waals surface area contributed by atoms with Gasteiger partial charge in [0.2, 0.25) is 0 Å². The third kappa shape index (κ3) is 2.61. The summed E-state index contributed by atoms with van der Waals surface area (Å²) in [7, 11) is 0. The number of rotatable bonds is 2. The van der Waals surface area contributed by atoms with Crippen LogP contribution in [0.5, 0.6) is 11.5 Å². The van der Waals surface area contributed by atoms with Crippen LogP contribution in [0.3, 0.4) is 0 Å². The Bertz CT molecular complexity index is 602. The second-order valence-corrected chi connectivity index (χ2v) is 4.67. The molecule has 0 spiro atoms. The molecule has 18 heavy (non-hydrogen) atoms. The Kier molecular flexibility index (Phi) is 3.52. The van der Waals surface area contributed by atoms with Crippen LogP contribution >= 0.6 is 15.9 Å². The molecule has 94 valence electrons. The molecule has 0 saturated heterocycles. The number of ether oxygens (including phenoxy) is 1. The Hall–Kier alpha value is -1.62. The zero-order valence-corrected chi connectivity index (χ0v) is 11.1. The first-order valence-corrected chi connectivity index (χ1v) is 5.95. The largest absolute Gasteiger partial charge is 0.454 e. The molecule has 2 N–H and O–H groups in total. The molecule has 0 aliphatic heterocycles. The Labute approximate surface area is 112 Å². The van der Waals surface area contributed by atoms with E-state index in [1.54, 1.807) is 6.92 Å². The summed E-state index contributed by atoms with van der Waals surface area (Å²) >= 11 is 3.24. The number of nitrogens with two attached hydrogens (primary N) is 1. The average Bonchev–Trinajstić information content (AvgIpc) is 2.30. The minimum atomic E-state index is -0.425. The van der Waals surface area contributed by atoms with Crippen LogP contribution in [0.25, 0.3) is 0 Å². The minimum absolute atomic E-state index is 0.161. The maximum absolute atomic E-state index is 13.2. The normalized spacial score (nSPS) is 10.4. The lowest BCUT2D eigenvalue weighted by molar-refractivity contribution is 0.473. The molecule has 5 heteroatoms. The summed E-state index contributed by atoms with van der Waals surface area (Å²) in [6, 6.07) is 6.70. The van der Waals surface area contributed by atoms with Crippen molar-refractivity contribution in [2.75, 3.05) is 5.73 Å². The number of halogens is 3. The second kappa shape index (κ2) is 4.94. The highest BCUT2D eigenvalue weighted by molar-refractivity contribution is 9.10. The van der Waals surface area contributed by atoms with Crippen molar-refractivity contribution in [1.82, 2.24) is 0 Å². The molecule has 0 saturated carbocycles. The van der Waals surface area contributed by atoms with Gasteiger partial charge in [0.25, 0.3) is 0 Å². The van der Waals surface area contributed by atoms with E-state index in [-0.39, 0.29) is 11.4 Å². The van der Waals surface area contributed by atoms with Crippen molar-refractivity contribution in [3.63, 3.8) is 0 Å². The van der Waals surface area contributed by atoms with Crippen molar-refractivity contribution in [2.45, 2.75) is 6.92 Å². The third-order valence-corrected chi connectivity index (χ3v) is 3.06. The standard InChI is InChI=1S/C13H10BrF2NO/c1-7-4-13(11(17)6-10(7)16)18-12-5-8(15)2-3-9(12)14/h2-6H,17H2,1H3. The van der Waals surface area contributed by atoms with Crippen LogP contribution in [-0.2, 0) is 0 Å². The highest BCUT2D eigenvalue weighted by Gasteiger charge is 2.09. The van der Waals surface area contributed by atoms with Crippen LogP contribution in [0.1, 0.15) is 5.56 Å². The molecule has 0 heterocycles. The van der Waals surface area contributed by atoms with Crippen LogP contribution in [0.4, 0.5) is 14.5 Å². The smallest absolute Gasteiger partial charge is 0.150 e. The van der Waals surface area contributed by atoms with E-state index in [1.807, 2.05) is 0 Å². The lowest BCUT2D eigenvalue weighted by Crippen LogP contribution is -1.96. The SMILES string of the molecule is Cc1cc(Oc2cc(F)ccc2Br)c(N)cc1F. The summed E-state index contributed by atoms with van der Waals surface area (Å²) in [5.74, 6) is -0.253. The Morgan fingerprint density at radius 2 is 1.83 bits per heavy atom. The van der Waals surface area contributed by atoms with Gasteiger partial charge in [-0.3, -0.25) is 0 Å². The van der Waals surface area contributed by atoms with E-state index in [4.69, 9.17) is 10.5 Å². The maximum Gasteiger partial charge on any atom is 0.150 e. The van der Waals surface area contributed by atoms with Crippen molar-refractivity contribution >= 4 is 21.6 Å². The Balaban J connectivity index is 2.40. The van der Waals surface area contributed by atoms with Crippen molar-refractivity contribution in [2.24, 2.45) is 0 Å². The predicted molar refractivity (Wildman–Crippen MR) is 69.7 cm³/mol. The van der Waals surface area contributed by atoms with Gasteiger partial charge in [-0.15, -0.1) is 0 Å². The summed E-state index contributed by atoms with van der Waals surface area (Å²) in [6.45, 7) is 1.60. The topological polar surface area (TPSA) is 35.2 Å². The first-order valence-electron chi connectivity index (χ1n) is 5.16. The molecule has 2 aromatic rings. The van der Waals surface area contributed by atoms with Crippen molar-refractivity contribution in [3.8, 4) is 11.5 Å². The molecule has 0 amide bonds. The van der Waals surface area contributed by atoms with Gasteiger partial charge in [0.1, 0.15) is 17.4 Å². The van der Waals surface area contributed by atoms with Gasteiger partial charge >= 0.3 is 0 Å². The molecule has 0 aliphatic carbocycles. The van der Waals surface area contributed by atoms with Crippen molar-refractivity contribution in [3.05, 3.63) is 52.0 Å². The Morgan fingerprint density at radius 3 is 2.56 bits per heavy atom. The summed E-state index contributed by atoms with van der Waals surface area (Å²) in [5, 5.41) is 0. The Morgan fingerprint density at radius 1 is 1.11 bits per heavy atom. The van der Waals surface area contributed by atoms with E-state index >= 15 is 0 Å². The van der Waals surface area contributed by atoms with Gasteiger partial charge in [0.05, 0.1) is 10.2 Å². The summed E-state index contributed by atoms with van der Waals surface area (Å²) in [5.41, 5.74) is 6.22. The molecule has 0 fully saturated rings. The van der Waals surface area contributed by atoms with Gasteiger partial charge < -0.3 is 10.5 Å². The van der Waals surface area contributed by atoms with Crippen LogP contribution in [-0.4, -0.2) is 0 Å². The number of hydrogen-bond acceptors (Lipinski definition) is 2. The first kappa shape index (κ1) is 12.8. The number of anilines is 1. The first-order chi connectivity index (χ1) is 8.47. The summed E-state index contributed by atoms with van der Waals surface area (Å²) in [4.78, 5) is 0. The second-order valence-electron chi connectivity index (χ2n) is 3.82. The van der Waals surface area contributed by atoms with Crippen molar-refractivity contribution in [1.29, 1.82) is 0 Å². The maximum atomic E-state index is 13.2. The van der Waals surface area contributed by atoms with Crippen LogP contribution in [0.15, 0.2) is 34.8 Å². The zero-order chi connectivity index (χ0) is 13.3. The number of benzene rings is 2. The van der Waals surface area contributed by atoms with E-state index in [2.05, 4.69) is 15.9 Å². The quantitative estimate of drug-likeness (QED) is 0.833. The third-order valence-electron chi connectivity index (χ3n) is 2.40. The average molecular weight is 314 g/mol. The lowest BCUT2D eigenvalue weighted by atomic mass is 10.2. The van der Waals surface area contributed by atoms with E-state index in [0.717, 1.165) is 0 Å². The van der Waals surface area contributed by atoms with Gasteiger partial charge in [0.15, 0.2) is 5.75 Å². The van der Waals surface area contributed by atoms with Crippen molar-refractivity contribution < 1.29 is 13.5 Å². The molecule has 2 nitrogen and oxygen atoms in total. The van der Waals surface area contributed by atoms with Crippen LogP contribution in [0, 0.1) is 18.6 Å². The monoisotopic (exact) mass is 313 g/mol. The minimum Gasteiger partial charge on any atom is -0.454 e.